The van der Waals surface area contributed by atoms with Gasteiger partial charge in [-0.05, 0) is 71.8 Å². The maximum absolute atomic E-state index is 14.6. The van der Waals surface area contributed by atoms with E-state index < -0.39 is 72.2 Å². The molecule has 1 aliphatic heterocycles. The van der Waals surface area contributed by atoms with Crippen molar-refractivity contribution in [3.8, 4) is 0 Å². The van der Waals surface area contributed by atoms with Gasteiger partial charge in [0.1, 0.15) is 24.7 Å². The number of hydrogen-bond donors (Lipinski definition) is 4. The molecule has 4 N–H and O–H groups in total. The summed E-state index contributed by atoms with van der Waals surface area (Å²) >= 11 is 0. The third-order valence-corrected chi connectivity index (χ3v) is 14.0. The molecular formula is C53H84N6O10. The molecule has 0 saturated carbocycles. The molecule has 1 aliphatic rings. The Morgan fingerprint density at radius 1 is 0.812 bits per heavy atom. The number of carbonyl (C=O) groups excluding carboxylic acids is 5. The highest BCUT2D eigenvalue weighted by atomic mass is 16.6. The van der Waals surface area contributed by atoms with Gasteiger partial charge in [-0.1, -0.05) is 112 Å². The molecule has 0 bridgehead atoms. The van der Waals surface area contributed by atoms with Crippen molar-refractivity contribution in [2.45, 2.75) is 162 Å². The average molecular weight is 965 g/mol. The minimum Gasteiger partial charge on any atom is -0.480 e. The van der Waals surface area contributed by atoms with Crippen molar-refractivity contribution in [3.05, 3.63) is 65.2 Å². The van der Waals surface area contributed by atoms with Gasteiger partial charge in [-0.2, -0.15) is 0 Å². The predicted octanol–water partition coefficient (Wildman–Crippen LogP) is 7.10. The molecule has 2 aromatic rings. The number of hydrogen-bond acceptors (Lipinski definition) is 10. The Labute approximate surface area is 411 Å². The SMILES string of the molecule is CCCC(C)c1ccc(C[C@H](NC(=O)[C@H](C)[C@@H](OC)[C@@H]2CCCN2C(=O)C[C@@H](OC)[C@H]([C@@H](C)CC)N(C)C(=O)[C@@H](NC(=O)[C@H](C(C)C)N(C)C(=O)OCc2ccc(NC)cc2)C(C)C)C(=O)O)cc1. The summed E-state index contributed by atoms with van der Waals surface area (Å²) in [5, 5.41) is 18.9. The lowest BCUT2D eigenvalue weighted by atomic mass is 9.89. The van der Waals surface area contributed by atoms with E-state index in [0.717, 1.165) is 29.7 Å². The molecular weight excluding hydrogens is 881 g/mol. The molecule has 1 unspecified atom stereocenters. The maximum Gasteiger partial charge on any atom is 0.410 e. The van der Waals surface area contributed by atoms with Crippen LogP contribution in [0.5, 0.6) is 0 Å². The van der Waals surface area contributed by atoms with Crippen LogP contribution in [0.2, 0.25) is 0 Å². The second-order valence-electron chi connectivity index (χ2n) is 19.7. The fourth-order valence-electron chi connectivity index (χ4n) is 9.65. The van der Waals surface area contributed by atoms with E-state index in [1.807, 2.05) is 97.1 Å². The first-order valence-electron chi connectivity index (χ1n) is 24.9. The number of nitrogens with one attached hydrogen (secondary N) is 3. The Kier molecular flexibility index (Phi) is 23.4. The van der Waals surface area contributed by atoms with Crippen LogP contribution in [0.15, 0.2) is 48.5 Å². The molecule has 10 atom stereocenters. The summed E-state index contributed by atoms with van der Waals surface area (Å²) < 4.78 is 17.6. The first-order chi connectivity index (χ1) is 32.6. The highest BCUT2D eigenvalue weighted by Crippen LogP contribution is 2.30. The second kappa shape index (κ2) is 27.8. The first-order valence-corrected chi connectivity index (χ1v) is 24.9. The van der Waals surface area contributed by atoms with Crippen LogP contribution in [0.3, 0.4) is 0 Å². The highest BCUT2D eigenvalue weighted by Gasteiger charge is 2.44. The van der Waals surface area contributed by atoms with Crippen LogP contribution in [0.4, 0.5) is 10.5 Å². The first kappa shape index (κ1) is 58.1. The lowest BCUT2D eigenvalue weighted by Gasteiger charge is -2.41. The monoisotopic (exact) mass is 965 g/mol. The van der Waals surface area contributed by atoms with Crippen molar-refractivity contribution in [1.29, 1.82) is 0 Å². The Balaban J connectivity index is 1.75. The third-order valence-electron chi connectivity index (χ3n) is 14.0. The molecule has 0 spiro atoms. The number of carboxylic acids is 1. The number of nitrogens with zero attached hydrogens (tertiary/aromatic N) is 3. The minimum atomic E-state index is -1.17. The Bertz CT molecular complexity index is 1960. The molecule has 16 nitrogen and oxygen atoms in total. The van der Waals surface area contributed by atoms with Crippen molar-refractivity contribution >= 4 is 41.4 Å². The summed E-state index contributed by atoms with van der Waals surface area (Å²) in [7, 11) is 7.99. The van der Waals surface area contributed by atoms with Crippen molar-refractivity contribution in [2.75, 3.05) is 47.2 Å². The van der Waals surface area contributed by atoms with Crippen LogP contribution in [-0.2, 0) is 51.2 Å². The van der Waals surface area contributed by atoms with E-state index in [1.165, 1.54) is 31.7 Å². The number of methoxy groups -OCH3 is 2. The number of rotatable bonds is 27. The normalized spacial score (nSPS) is 17.7. The van der Waals surface area contributed by atoms with Gasteiger partial charge in [0.25, 0.3) is 0 Å². The van der Waals surface area contributed by atoms with Crippen molar-refractivity contribution in [3.63, 3.8) is 0 Å². The summed E-state index contributed by atoms with van der Waals surface area (Å²) in [6.45, 7) is 17.7. The lowest BCUT2D eigenvalue weighted by molar-refractivity contribution is -0.148. The van der Waals surface area contributed by atoms with Gasteiger partial charge in [0.15, 0.2) is 0 Å². The van der Waals surface area contributed by atoms with Crippen LogP contribution in [0.25, 0.3) is 0 Å². The van der Waals surface area contributed by atoms with Crippen molar-refractivity contribution < 1.29 is 48.1 Å². The zero-order valence-corrected chi connectivity index (χ0v) is 43.9. The van der Waals surface area contributed by atoms with E-state index in [9.17, 15) is 33.9 Å². The van der Waals surface area contributed by atoms with E-state index in [2.05, 4.69) is 29.8 Å². The number of benzene rings is 2. The summed E-state index contributed by atoms with van der Waals surface area (Å²) in [4.78, 5) is 87.2. The van der Waals surface area contributed by atoms with Gasteiger partial charge in [0, 0.05) is 54.0 Å². The molecule has 69 heavy (non-hydrogen) atoms. The summed E-state index contributed by atoms with van der Waals surface area (Å²) in [6.07, 6.45) is 1.90. The van der Waals surface area contributed by atoms with Crippen LogP contribution >= 0.6 is 0 Å². The molecule has 3 rings (SSSR count). The van der Waals surface area contributed by atoms with E-state index in [1.54, 1.807) is 23.8 Å². The van der Waals surface area contributed by atoms with Crippen molar-refractivity contribution in [1.82, 2.24) is 25.3 Å². The Hall–Kier alpha value is -5.22. The number of ether oxygens (including phenoxy) is 3. The van der Waals surface area contributed by atoms with E-state index in [0.29, 0.717) is 31.7 Å². The van der Waals surface area contributed by atoms with Crippen LogP contribution < -0.4 is 16.0 Å². The number of aliphatic carboxylic acids is 1. The Morgan fingerprint density at radius 2 is 1.43 bits per heavy atom. The molecule has 5 amide bonds. The molecule has 0 aliphatic carbocycles. The number of amides is 5. The van der Waals surface area contributed by atoms with Gasteiger partial charge < -0.3 is 45.1 Å². The molecule has 386 valence electrons. The number of likely N-dealkylation sites (tertiary alicyclic amines) is 1. The number of anilines is 1. The van der Waals surface area contributed by atoms with E-state index in [4.69, 9.17) is 14.2 Å². The summed E-state index contributed by atoms with van der Waals surface area (Å²) in [5.41, 5.74) is 3.68. The van der Waals surface area contributed by atoms with Gasteiger partial charge in [-0.25, -0.2) is 9.59 Å². The van der Waals surface area contributed by atoms with Gasteiger partial charge in [-0.3, -0.25) is 24.1 Å². The zero-order valence-electron chi connectivity index (χ0n) is 43.9. The molecule has 2 aromatic carbocycles. The fourth-order valence-corrected chi connectivity index (χ4v) is 9.65. The Morgan fingerprint density at radius 3 is 1.96 bits per heavy atom. The lowest BCUT2D eigenvalue weighted by Crippen LogP contribution is -2.60. The molecule has 0 radical (unpaired) electrons. The topological polar surface area (TPSA) is 196 Å². The highest BCUT2D eigenvalue weighted by molar-refractivity contribution is 5.92. The standard InChI is InChI=1S/C53H84N6O10/c1-15-18-35(8)39-24-20-37(21-25-39)29-41(52(64)65)55-49(61)36(9)48(68-14)42-19-17-28-59(42)44(60)30-43(67-13)47(34(7)16-2)57(11)51(63)45(32(3)4)56-50(62)46(33(5)6)58(12)53(66)69-31-38-22-26-40(54-10)27-23-38/h20-27,32-36,41-43,45-48,54H,15-19,28-31H2,1-14H3,(H,55,61)(H,56,62)(H,64,65)/t34-,35?,36+,41-,42-,43+,45-,46-,47-,48+/m0/s1. The molecule has 16 heteroatoms. The summed E-state index contributed by atoms with van der Waals surface area (Å²) in [6, 6.07) is 11.2. The number of carbonyl (C=O) groups is 6. The molecule has 1 heterocycles. The molecule has 1 fully saturated rings. The molecule has 1 saturated heterocycles. The summed E-state index contributed by atoms with van der Waals surface area (Å²) in [5.74, 6) is -3.95. The minimum absolute atomic E-state index is 0.0173. The number of likely N-dealkylation sites (N-methyl/N-ethyl adjacent to an activating group) is 2. The molecule has 0 aromatic heterocycles. The van der Waals surface area contributed by atoms with Gasteiger partial charge >= 0.3 is 12.1 Å². The quantitative estimate of drug-likeness (QED) is 0.0713. The second-order valence-corrected chi connectivity index (χ2v) is 19.7. The fraction of sp³-hybridized carbons (Fsp3) is 0.660. The number of carboxylic acid groups (broad SMARTS) is 1. The smallest absolute Gasteiger partial charge is 0.410 e. The van der Waals surface area contributed by atoms with Crippen LogP contribution in [0, 0.1) is 23.7 Å². The van der Waals surface area contributed by atoms with Gasteiger partial charge in [0.2, 0.25) is 23.6 Å². The maximum atomic E-state index is 14.6. The van der Waals surface area contributed by atoms with E-state index in [-0.39, 0.29) is 49.0 Å². The van der Waals surface area contributed by atoms with Crippen LogP contribution in [0.1, 0.15) is 123 Å². The zero-order chi connectivity index (χ0) is 51.7. The van der Waals surface area contributed by atoms with E-state index >= 15 is 0 Å². The van der Waals surface area contributed by atoms with Crippen molar-refractivity contribution in [2.24, 2.45) is 23.7 Å². The predicted molar refractivity (Wildman–Crippen MR) is 268 cm³/mol. The largest absolute Gasteiger partial charge is 0.480 e. The average Bonchev–Trinajstić information content (AvgIpc) is 3.81. The third kappa shape index (κ3) is 15.9. The van der Waals surface area contributed by atoms with Crippen LogP contribution in [-0.4, -0.2) is 140 Å². The van der Waals surface area contributed by atoms with Gasteiger partial charge in [0.05, 0.1) is 36.6 Å². The van der Waals surface area contributed by atoms with Gasteiger partial charge in [-0.15, -0.1) is 0 Å².